The molecular weight excluding hydrogens is 488 g/mol. The first-order valence-electron chi connectivity index (χ1n) is 11.9. The van der Waals surface area contributed by atoms with Gasteiger partial charge in [-0.05, 0) is 60.4 Å². The van der Waals surface area contributed by atoms with Crippen LogP contribution < -0.4 is 16.2 Å². The first-order chi connectivity index (χ1) is 18.3. The number of nitrogens with one attached hydrogen (secondary N) is 3. The molecule has 194 valence electrons. The summed E-state index contributed by atoms with van der Waals surface area (Å²) in [5.74, 6) is -2.10. The van der Waals surface area contributed by atoms with Crippen molar-refractivity contribution in [3.05, 3.63) is 112 Å². The number of rotatable bonds is 8. The number of furan rings is 1. The van der Waals surface area contributed by atoms with Gasteiger partial charge in [0.15, 0.2) is 5.75 Å². The monoisotopic (exact) mass is 514 g/mol. The Bertz CT molecular complexity index is 1460. The number of hydrazine groups is 1. The lowest BCUT2D eigenvalue weighted by atomic mass is 10.0. The van der Waals surface area contributed by atoms with Gasteiger partial charge in [-0.3, -0.25) is 30.6 Å². The number of carbonyl (C=O) groups excluding carboxylic acids is 2. The van der Waals surface area contributed by atoms with Gasteiger partial charge < -0.3 is 14.8 Å². The topological polar surface area (TPSA) is 147 Å². The van der Waals surface area contributed by atoms with E-state index in [2.05, 4.69) is 54.3 Å². The van der Waals surface area contributed by atoms with Gasteiger partial charge in [-0.2, -0.15) is 0 Å². The summed E-state index contributed by atoms with van der Waals surface area (Å²) in [6, 6.07) is 20.8. The van der Waals surface area contributed by atoms with Crippen molar-refractivity contribution in [2.24, 2.45) is 0 Å². The molecule has 3 aromatic carbocycles. The van der Waals surface area contributed by atoms with E-state index in [-0.39, 0.29) is 17.4 Å². The third-order valence-electron chi connectivity index (χ3n) is 6.06. The minimum Gasteiger partial charge on any atom is -0.502 e. The predicted octanol–water partition coefficient (Wildman–Crippen LogP) is 5.37. The smallest absolute Gasteiger partial charge is 0.311 e. The fraction of sp³-hybridized carbons (Fsp3) is 0.143. The van der Waals surface area contributed by atoms with Crippen molar-refractivity contribution in [3.8, 4) is 16.9 Å². The molecule has 0 aliphatic heterocycles. The minimum atomic E-state index is -0.814. The Morgan fingerprint density at radius 2 is 1.66 bits per heavy atom. The Kier molecular flexibility index (Phi) is 7.72. The number of nitro groups is 1. The molecule has 0 aliphatic rings. The molecule has 10 nitrogen and oxygen atoms in total. The molecule has 4 N–H and O–H groups in total. The maximum absolute atomic E-state index is 12.7. The Hall–Kier alpha value is -5.12. The lowest BCUT2D eigenvalue weighted by Crippen LogP contribution is -2.41. The van der Waals surface area contributed by atoms with Crippen LogP contribution in [0.15, 0.2) is 83.5 Å². The van der Waals surface area contributed by atoms with Crippen LogP contribution in [0.1, 0.15) is 51.9 Å². The largest absolute Gasteiger partial charge is 0.502 e. The van der Waals surface area contributed by atoms with Gasteiger partial charge in [0.2, 0.25) is 5.76 Å². The van der Waals surface area contributed by atoms with Crippen LogP contribution >= 0.6 is 0 Å². The molecule has 1 atom stereocenters. The molecule has 0 fully saturated rings. The molecule has 4 rings (SSSR count). The van der Waals surface area contributed by atoms with Gasteiger partial charge in [-0.1, -0.05) is 43.3 Å². The molecule has 0 saturated carbocycles. The molecule has 0 bridgehead atoms. The first kappa shape index (κ1) is 26.0. The van der Waals surface area contributed by atoms with E-state index in [0.717, 1.165) is 35.4 Å². The Morgan fingerprint density at radius 3 is 2.32 bits per heavy atom. The van der Waals surface area contributed by atoms with Gasteiger partial charge in [0.05, 0.1) is 11.2 Å². The van der Waals surface area contributed by atoms with E-state index in [9.17, 15) is 24.8 Å². The lowest BCUT2D eigenvalue weighted by molar-refractivity contribution is -0.385. The molecule has 10 heteroatoms. The summed E-state index contributed by atoms with van der Waals surface area (Å²) in [6.07, 6.45) is 2.36. The quantitative estimate of drug-likeness (QED) is 0.183. The van der Waals surface area contributed by atoms with Gasteiger partial charge in [-0.15, -0.1) is 0 Å². The summed E-state index contributed by atoms with van der Waals surface area (Å²) >= 11 is 0. The van der Waals surface area contributed by atoms with Crippen molar-refractivity contribution in [2.75, 3.05) is 5.32 Å². The van der Waals surface area contributed by atoms with E-state index in [4.69, 9.17) is 4.42 Å². The molecule has 1 aromatic heterocycles. The van der Waals surface area contributed by atoms with Crippen molar-refractivity contribution >= 4 is 23.2 Å². The SMILES string of the molecule is CCc1ccc(N[C@H](C)c2ccc(-c3ccoc3C(=O)NNC(=O)c3ccc(O)c([N+](=O)[O-])c3)cc2)cc1. The number of anilines is 1. The number of benzene rings is 3. The molecule has 0 unspecified atom stereocenters. The summed E-state index contributed by atoms with van der Waals surface area (Å²) in [7, 11) is 0. The number of amides is 2. The van der Waals surface area contributed by atoms with Gasteiger partial charge in [0, 0.05) is 28.9 Å². The van der Waals surface area contributed by atoms with Crippen molar-refractivity contribution in [1.82, 2.24) is 10.9 Å². The Labute approximate surface area is 218 Å². The molecule has 38 heavy (non-hydrogen) atoms. The summed E-state index contributed by atoms with van der Waals surface area (Å²) < 4.78 is 5.36. The zero-order valence-corrected chi connectivity index (χ0v) is 20.7. The number of hydrogen-bond donors (Lipinski definition) is 4. The van der Waals surface area contributed by atoms with Crippen molar-refractivity contribution in [1.29, 1.82) is 0 Å². The van der Waals surface area contributed by atoms with Gasteiger partial charge in [0.1, 0.15) is 0 Å². The summed E-state index contributed by atoms with van der Waals surface area (Å²) in [6.45, 7) is 4.18. The highest BCUT2D eigenvalue weighted by Gasteiger charge is 2.20. The van der Waals surface area contributed by atoms with Crippen LogP contribution in [0.25, 0.3) is 11.1 Å². The van der Waals surface area contributed by atoms with Crippen molar-refractivity contribution in [2.45, 2.75) is 26.3 Å². The highest BCUT2D eigenvalue weighted by atomic mass is 16.6. The van der Waals surface area contributed by atoms with Gasteiger partial charge >= 0.3 is 11.6 Å². The van der Waals surface area contributed by atoms with E-state index >= 15 is 0 Å². The number of carbonyl (C=O) groups is 2. The number of nitro benzene ring substituents is 1. The summed E-state index contributed by atoms with van der Waals surface area (Å²) in [5, 5.41) is 24.0. The van der Waals surface area contributed by atoms with E-state index in [1.807, 2.05) is 24.3 Å². The second kappa shape index (κ2) is 11.3. The fourth-order valence-electron chi connectivity index (χ4n) is 3.89. The van der Waals surface area contributed by atoms with Crippen LogP contribution in [0.2, 0.25) is 0 Å². The Morgan fingerprint density at radius 1 is 0.974 bits per heavy atom. The van der Waals surface area contributed by atoms with E-state index in [1.54, 1.807) is 6.07 Å². The number of aryl methyl sites for hydroxylation is 1. The average Bonchev–Trinajstić information content (AvgIpc) is 3.42. The lowest BCUT2D eigenvalue weighted by Gasteiger charge is -2.16. The molecule has 0 aliphatic carbocycles. The van der Waals surface area contributed by atoms with E-state index in [1.165, 1.54) is 17.9 Å². The fourth-order valence-corrected chi connectivity index (χ4v) is 3.89. The average molecular weight is 515 g/mol. The molecule has 1 heterocycles. The number of nitrogens with zero attached hydrogens (tertiary/aromatic N) is 1. The summed E-state index contributed by atoms with van der Waals surface area (Å²) in [4.78, 5) is 35.2. The first-order valence-corrected chi connectivity index (χ1v) is 11.9. The molecule has 4 aromatic rings. The second-order valence-corrected chi connectivity index (χ2v) is 8.57. The zero-order valence-electron chi connectivity index (χ0n) is 20.7. The van der Waals surface area contributed by atoms with Crippen molar-refractivity contribution < 1.29 is 24.0 Å². The van der Waals surface area contributed by atoms with Crippen LogP contribution in [0.5, 0.6) is 5.75 Å². The van der Waals surface area contributed by atoms with Crippen LogP contribution in [0, 0.1) is 10.1 Å². The standard InChI is InChI=1S/C28H26N4O6/c1-3-18-4-11-22(12-5-18)29-17(2)19-6-8-20(9-7-19)23-14-15-38-26(23)28(35)31-30-27(34)21-10-13-25(33)24(16-21)32(36)37/h4-17,29,33H,3H2,1-2H3,(H,30,34)(H,31,35)/t17-/m1/s1. The molecule has 0 saturated heterocycles. The number of phenolic OH excluding ortho intramolecular Hbond substituents is 1. The summed E-state index contributed by atoms with van der Waals surface area (Å²) in [5.41, 5.74) is 8.32. The van der Waals surface area contributed by atoms with Gasteiger partial charge in [0.25, 0.3) is 5.91 Å². The number of hydrogen-bond acceptors (Lipinski definition) is 7. The van der Waals surface area contributed by atoms with Crippen LogP contribution in [-0.4, -0.2) is 21.8 Å². The maximum atomic E-state index is 12.7. The number of phenols is 1. The van der Waals surface area contributed by atoms with Crippen LogP contribution in [-0.2, 0) is 6.42 Å². The highest BCUT2D eigenvalue weighted by Crippen LogP contribution is 2.28. The van der Waals surface area contributed by atoms with E-state index in [0.29, 0.717) is 5.56 Å². The van der Waals surface area contributed by atoms with Crippen LogP contribution in [0.3, 0.4) is 0 Å². The van der Waals surface area contributed by atoms with E-state index < -0.39 is 28.2 Å². The molecule has 2 amide bonds. The number of aromatic hydroxyl groups is 1. The normalized spacial score (nSPS) is 11.4. The van der Waals surface area contributed by atoms with Crippen molar-refractivity contribution in [3.63, 3.8) is 0 Å². The highest BCUT2D eigenvalue weighted by molar-refractivity contribution is 6.01. The van der Waals surface area contributed by atoms with Crippen LogP contribution in [0.4, 0.5) is 11.4 Å². The maximum Gasteiger partial charge on any atom is 0.311 e. The Balaban J connectivity index is 1.41. The third kappa shape index (κ3) is 5.81. The molecule has 0 radical (unpaired) electrons. The second-order valence-electron chi connectivity index (χ2n) is 8.57. The predicted molar refractivity (Wildman–Crippen MR) is 142 cm³/mol. The zero-order chi connectivity index (χ0) is 27.2. The van der Waals surface area contributed by atoms with Gasteiger partial charge in [-0.25, -0.2) is 0 Å². The third-order valence-corrected chi connectivity index (χ3v) is 6.06. The molecular formula is C28H26N4O6. The minimum absolute atomic E-state index is 0.0167. The molecule has 0 spiro atoms.